The summed E-state index contributed by atoms with van der Waals surface area (Å²) in [6.07, 6.45) is 0. The second kappa shape index (κ2) is 7.96. The lowest BCUT2D eigenvalue weighted by atomic mass is 10.2. The predicted molar refractivity (Wildman–Crippen MR) is 91.0 cm³/mol. The third-order valence-electron chi connectivity index (χ3n) is 3.48. The van der Waals surface area contributed by atoms with Crippen LogP contribution in [-0.2, 0) is 11.3 Å². The second-order valence-electron chi connectivity index (χ2n) is 5.20. The Morgan fingerprint density at radius 3 is 2.71 bits per heavy atom. The van der Waals surface area contributed by atoms with Crippen molar-refractivity contribution in [3.05, 3.63) is 64.2 Å². The fourth-order valence-electron chi connectivity index (χ4n) is 2.21. The van der Waals surface area contributed by atoms with Crippen LogP contribution in [0.4, 0.5) is 11.4 Å². The van der Waals surface area contributed by atoms with Gasteiger partial charge < -0.3 is 15.4 Å². The molecule has 24 heavy (non-hydrogen) atoms. The smallest absolute Gasteiger partial charge is 0.271 e. The summed E-state index contributed by atoms with van der Waals surface area (Å²) >= 11 is 0. The van der Waals surface area contributed by atoms with Crippen molar-refractivity contribution in [1.82, 2.24) is 5.32 Å². The highest BCUT2D eigenvalue weighted by atomic mass is 16.6. The first kappa shape index (κ1) is 17.3. The lowest BCUT2D eigenvalue weighted by molar-refractivity contribution is -0.384. The van der Waals surface area contributed by atoms with Crippen LogP contribution in [0.15, 0.2) is 48.5 Å². The van der Waals surface area contributed by atoms with Gasteiger partial charge in [0.25, 0.3) is 5.69 Å². The highest BCUT2D eigenvalue weighted by Crippen LogP contribution is 2.18. The molecule has 2 aromatic rings. The number of methoxy groups -OCH3 is 1. The zero-order valence-electron chi connectivity index (χ0n) is 13.5. The molecule has 0 aromatic heterocycles. The zero-order valence-corrected chi connectivity index (χ0v) is 13.5. The molecule has 0 saturated heterocycles. The van der Waals surface area contributed by atoms with E-state index >= 15 is 0 Å². The van der Waals surface area contributed by atoms with Crippen molar-refractivity contribution < 1.29 is 14.5 Å². The minimum absolute atomic E-state index is 0.0263. The number of rotatable bonds is 7. The highest BCUT2D eigenvalue weighted by molar-refractivity contribution is 5.84. The summed E-state index contributed by atoms with van der Waals surface area (Å²) in [6.45, 7) is 2.03. The average molecular weight is 329 g/mol. The van der Waals surface area contributed by atoms with E-state index in [1.807, 2.05) is 24.3 Å². The van der Waals surface area contributed by atoms with E-state index in [2.05, 4.69) is 10.6 Å². The molecule has 0 unspecified atom stereocenters. The van der Waals surface area contributed by atoms with Crippen LogP contribution in [0.3, 0.4) is 0 Å². The van der Waals surface area contributed by atoms with Crippen LogP contribution in [0.2, 0.25) is 0 Å². The molecular weight excluding hydrogens is 310 g/mol. The fourth-order valence-corrected chi connectivity index (χ4v) is 2.21. The van der Waals surface area contributed by atoms with Gasteiger partial charge in [-0.2, -0.15) is 0 Å². The quantitative estimate of drug-likeness (QED) is 0.602. The van der Waals surface area contributed by atoms with Crippen molar-refractivity contribution in [2.75, 3.05) is 12.4 Å². The van der Waals surface area contributed by atoms with Gasteiger partial charge in [0, 0.05) is 29.9 Å². The number of non-ortho nitro benzene ring substituents is 1. The first-order chi connectivity index (χ1) is 11.5. The summed E-state index contributed by atoms with van der Waals surface area (Å²) in [5.41, 5.74) is 1.36. The molecule has 0 aliphatic rings. The lowest BCUT2D eigenvalue weighted by Gasteiger charge is -2.16. The van der Waals surface area contributed by atoms with Gasteiger partial charge in [-0.25, -0.2) is 0 Å². The topological polar surface area (TPSA) is 93.5 Å². The third kappa shape index (κ3) is 4.45. The second-order valence-corrected chi connectivity index (χ2v) is 5.20. The Morgan fingerprint density at radius 1 is 1.25 bits per heavy atom. The monoisotopic (exact) mass is 329 g/mol. The van der Waals surface area contributed by atoms with E-state index < -0.39 is 11.0 Å². The maximum absolute atomic E-state index is 12.2. The van der Waals surface area contributed by atoms with E-state index in [-0.39, 0.29) is 11.6 Å². The molecule has 1 amide bonds. The first-order valence-electron chi connectivity index (χ1n) is 7.42. The van der Waals surface area contributed by atoms with Crippen LogP contribution in [-0.4, -0.2) is 24.0 Å². The minimum atomic E-state index is -0.540. The van der Waals surface area contributed by atoms with Gasteiger partial charge >= 0.3 is 0 Å². The molecule has 7 heteroatoms. The summed E-state index contributed by atoms with van der Waals surface area (Å²) in [4.78, 5) is 22.5. The molecule has 2 aromatic carbocycles. The summed E-state index contributed by atoms with van der Waals surface area (Å²) < 4.78 is 5.24. The largest absolute Gasteiger partial charge is 0.496 e. The number of para-hydroxylation sites is 1. The fraction of sp³-hybridized carbons (Fsp3) is 0.235. The van der Waals surface area contributed by atoms with Gasteiger partial charge in [-0.15, -0.1) is 0 Å². The van der Waals surface area contributed by atoms with Crippen molar-refractivity contribution in [3.63, 3.8) is 0 Å². The van der Waals surface area contributed by atoms with Crippen molar-refractivity contribution in [2.45, 2.75) is 19.5 Å². The lowest BCUT2D eigenvalue weighted by Crippen LogP contribution is -2.37. The van der Waals surface area contributed by atoms with E-state index in [4.69, 9.17) is 4.74 Å². The maximum Gasteiger partial charge on any atom is 0.271 e. The number of nitrogens with one attached hydrogen (secondary N) is 2. The van der Waals surface area contributed by atoms with Gasteiger partial charge in [0.1, 0.15) is 11.8 Å². The van der Waals surface area contributed by atoms with Crippen molar-refractivity contribution in [2.24, 2.45) is 0 Å². The Kier molecular flexibility index (Phi) is 5.73. The van der Waals surface area contributed by atoms with Crippen LogP contribution in [0.1, 0.15) is 12.5 Å². The van der Waals surface area contributed by atoms with Crippen molar-refractivity contribution in [3.8, 4) is 5.75 Å². The Hall–Kier alpha value is -3.09. The van der Waals surface area contributed by atoms with Gasteiger partial charge in [-0.05, 0) is 19.1 Å². The van der Waals surface area contributed by atoms with Crippen LogP contribution in [0.5, 0.6) is 5.75 Å². The molecule has 0 bridgehead atoms. The number of anilines is 1. The number of nitrogens with zero attached hydrogens (tertiary/aromatic N) is 1. The van der Waals surface area contributed by atoms with E-state index in [0.29, 0.717) is 18.0 Å². The summed E-state index contributed by atoms with van der Waals surface area (Å²) in [7, 11) is 1.58. The normalized spacial score (nSPS) is 11.4. The molecule has 0 aliphatic heterocycles. The molecular formula is C17H19N3O4. The number of nitro benzene ring substituents is 1. The molecule has 2 N–H and O–H groups in total. The molecule has 0 fully saturated rings. The Bertz CT molecular complexity index is 733. The number of hydrogen-bond donors (Lipinski definition) is 2. The third-order valence-corrected chi connectivity index (χ3v) is 3.48. The number of ether oxygens (including phenoxy) is 1. The molecule has 0 heterocycles. The highest BCUT2D eigenvalue weighted by Gasteiger charge is 2.14. The summed E-state index contributed by atoms with van der Waals surface area (Å²) in [5.74, 6) is 0.490. The number of nitro groups is 1. The van der Waals surface area contributed by atoms with Crippen LogP contribution < -0.4 is 15.4 Å². The van der Waals surface area contributed by atoms with Crippen LogP contribution >= 0.6 is 0 Å². The van der Waals surface area contributed by atoms with Crippen LogP contribution in [0, 0.1) is 10.1 Å². The Labute approximate surface area is 139 Å². The summed E-state index contributed by atoms with van der Waals surface area (Å²) in [6, 6.07) is 12.9. The Morgan fingerprint density at radius 2 is 2.00 bits per heavy atom. The number of hydrogen-bond acceptors (Lipinski definition) is 5. The van der Waals surface area contributed by atoms with Gasteiger partial charge in [-0.3, -0.25) is 14.9 Å². The van der Waals surface area contributed by atoms with E-state index in [0.717, 1.165) is 5.56 Å². The number of amides is 1. The van der Waals surface area contributed by atoms with Crippen molar-refractivity contribution >= 4 is 17.3 Å². The van der Waals surface area contributed by atoms with Gasteiger partial charge in [0.05, 0.1) is 12.0 Å². The number of benzene rings is 2. The van der Waals surface area contributed by atoms with E-state index in [1.54, 1.807) is 26.2 Å². The maximum atomic E-state index is 12.2. The number of carbonyl (C=O) groups is 1. The van der Waals surface area contributed by atoms with E-state index in [9.17, 15) is 14.9 Å². The van der Waals surface area contributed by atoms with Gasteiger partial charge in [0.2, 0.25) is 5.91 Å². The molecule has 0 radical (unpaired) electrons. The standard InChI is InChI=1S/C17H19N3O4/c1-12(19-14-7-5-8-15(10-14)20(22)23)17(21)18-11-13-6-3-4-9-16(13)24-2/h3-10,12,19H,11H2,1-2H3,(H,18,21)/t12-/m0/s1. The minimum Gasteiger partial charge on any atom is -0.496 e. The molecule has 0 aliphatic carbocycles. The van der Waals surface area contributed by atoms with Gasteiger partial charge in [0.15, 0.2) is 0 Å². The summed E-state index contributed by atoms with van der Waals surface area (Å²) in [5, 5.41) is 16.5. The molecule has 0 spiro atoms. The molecule has 126 valence electrons. The number of carbonyl (C=O) groups excluding carboxylic acids is 1. The predicted octanol–water partition coefficient (Wildman–Crippen LogP) is 2.72. The first-order valence-corrected chi connectivity index (χ1v) is 7.42. The SMILES string of the molecule is COc1ccccc1CNC(=O)[C@H](C)Nc1cccc([N+](=O)[O-])c1. The van der Waals surface area contributed by atoms with Crippen LogP contribution in [0.25, 0.3) is 0 Å². The Balaban J connectivity index is 1.95. The van der Waals surface area contributed by atoms with E-state index in [1.165, 1.54) is 12.1 Å². The molecule has 1 atom stereocenters. The van der Waals surface area contributed by atoms with Crippen molar-refractivity contribution in [1.29, 1.82) is 0 Å². The average Bonchev–Trinajstić information content (AvgIpc) is 2.60. The molecule has 7 nitrogen and oxygen atoms in total. The zero-order chi connectivity index (χ0) is 17.5. The molecule has 2 rings (SSSR count). The van der Waals surface area contributed by atoms with Gasteiger partial charge in [-0.1, -0.05) is 24.3 Å². The molecule has 0 saturated carbocycles.